The van der Waals surface area contributed by atoms with Gasteiger partial charge in [-0.2, -0.15) is 0 Å². The number of rotatable bonds is 5. The number of benzene rings is 2. The quantitative estimate of drug-likeness (QED) is 0.687. The predicted octanol–water partition coefficient (Wildman–Crippen LogP) is 3.40. The molecule has 8 heteroatoms. The number of urea groups is 1. The minimum atomic E-state index is -0.759. The molecule has 2 aromatic carbocycles. The molecule has 0 saturated heterocycles. The average molecular weight is 447 g/mol. The third kappa shape index (κ3) is 3.55. The normalized spacial score (nSPS) is 16.1. The second kappa shape index (κ2) is 8.35. The third-order valence-corrected chi connectivity index (χ3v) is 5.18. The first-order chi connectivity index (χ1) is 13.5. The molecule has 0 aromatic heterocycles. The van der Waals surface area contributed by atoms with Gasteiger partial charge in [0.15, 0.2) is 11.5 Å². The topological polar surface area (TPSA) is 85.9 Å². The van der Waals surface area contributed by atoms with Gasteiger partial charge in [-0.3, -0.25) is 0 Å². The van der Waals surface area contributed by atoms with Crippen LogP contribution in [0.2, 0.25) is 0 Å². The number of amides is 2. The summed E-state index contributed by atoms with van der Waals surface area (Å²) in [4.78, 5) is 25.1. The molecule has 0 saturated carbocycles. The molecule has 2 aromatic rings. The van der Waals surface area contributed by atoms with Crippen LogP contribution in [0.3, 0.4) is 0 Å². The number of methoxy groups -OCH3 is 3. The van der Waals surface area contributed by atoms with Crippen molar-refractivity contribution < 1.29 is 23.8 Å². The fraction of sp³-hybridized carbons (Fsp3) is 0.200. The van der Waals surface area contributed by atoms with Crippen molar-refractivity contribution in [2.45, 2.75) is 6.04 Å². The minimum absolute atomic E-state index is 0.279. The first kappa shape index (κ1) is 19.8. The highest BCUT2D eigenvalue weighted by atomic mass is 79.9. The van der Waals surface area contributed by atoms with E-state index in [1.165, 1.54) is 21.3 Å². The lowest BCUT2D eigenvalue weighted by atomic mass is 9.92. The molecule has 0 spiro atoms. The van der Waals surface area contributed by atoms with Gasteiger partial charge in [-0.25, -0.2) is 9.59 Å². The van der Waals surface area contributed by atoms with Crippen molar-refractivity contribution in [3.8, 4) is 11.5 Å². The SMILES string of the molecule is COC(=O)C1=C(c2ccccc2)NC(=O)NC1c1ccc(OC)c(OC)c1Br. The van der Waals surface area contributed by atoms with E-state index in [4.69, 9.17) is 14.2 Å². The maximum Gasteiger partial charge on any atom is 0.338 e. The van der Waals surface area contributed by atoms with Crippen LogP contribution in [-0.2, 0) is 9.53 Å². The summed E-state index contributed by atoms with van der Waals surface area (Å²) in [6.07, 6.45) is 0. The monoisotopic (exact) mass is 446 g/mol. The molecule has 2 amide bonds. The van der Waals surface area contributed by atoms with Crippen LogP contribution in [0, 0.1) is 0 Å². The van der Waals surface area contributed by atoms with E-state index in [2.05, 4.69) is 26.6 Å². The summed E-state index contributed by atoms with van der Waals surface area (Å²) in [5.74, 6) is 0.418. The average Bonchev–Trinajstić information content (AvgIpc) is 2.72. The van der Waals surface area contributed by atoms with Crippen LogP contribution in [0.4, 0.5) is 4.79 Å². The van der Waals surface area contributed by atoms with Gasteiger partial charge < -0.3 is 24.8 Å². The van der Waals surface area contributed by atoms with Gasteiger partial charge in [0.1, 0.15) is 0 Å². The van der Waals surface area contributed by atoms with Crippen molar-refractivity contribution >= 4 is 33.6 Å². The van der Waals surface area contributed by atoms with Gasteiger partial charge in [-0.05, 0) is 33.1 Å². The molecule has 2 N–H and O–H groups in total. The first-order valence-corrected chi connectivity index (χ1v) is 9.16. The Labute approximate surface area is 170 Å². The van der Waals surface area contributed by atoms with Gasteiger partial charge >= 0.3 is 12.0 Å². The lowest BCUT2D eigenvalue weighted by Crippen LogP contribution is -2.45. The number of halogens is 1. The summed E-state index contributed by atoms with van der Waals surface area (Å²) < 4.78 is 16.3. The minimum Gasteiger partial charge on any atom is -0.493 e. The summed E-state index contributed by atoms with van der Waals surface area (Å²) in [6, 6.07) is 11.4. The van der Waals surface area contributed by atoms with E-state index in [9.17, 15) is 9.59 Å². The van der Waals surface area contributed by atoms with E-state index in [0.29, 0.717) is 32.8 Å². The van der Waals surface area contributed by atoms with Crippen LogP contribution in [-0.4, -0.2) is 33.3 Å². The fourth-order valence-electron chi connectivity index (χ4n) is 3.09. The van der Waals surface area contributed by atoms with Crippen molar-refractivity contribution in [2.75, 3.05) is 21.3 Å². The number of ether oxygens (including phenoxy) is 3. The molecule has 3 rings (SSSR count). The van der Waals surface area contributed by atoms with E-state index in [1.807, 2.05) is 30.3 Å². The Balaban J connectivity index is 2.24. The smallest absolute Gasteiger partial charge is 0.338 e. The zero-order valence-electron chi connectivity index (χ0n) is 15.5. The molecule has 0 bridgehead atoms. The molecule has 1 aliphatic rings. The Bertz CT molecular complexity index is 943. The van der Waals surface area contributed by atoms with Gasteiger partial charge in [-0.1, -0.05) is 36.4 Å². The second-order valence-corrected chi connectivity index (χ2v) is 6.68. The molecule has 0 radical (unpaired) electrons. The fourth-order valence-corrected chi connectivity index (χ4v) is 3.81. The zero-order chi connectivity index (χ0) is 20.3. The van der Waals surface area contributed by atoms with Crippen molar-refractivity contribution in [2.24, 2.45) is 0 Å². The van der Waals surface area contributed by atoms with E-state index in [0.717, 1.165) is 0 Å². The first-order valence-electron chi connectivity index (χ1n) is 8.37. The molecule has 0 fully saturated rings. The molecular weight excluding hydrogens is 428 g/mol. The van der Waals surface area contributed by atoms with Crippen molar-refractivity contribution in [3.05, 3.63) is 63.6 Å². The maximum atomic E-state index is 12.7. The van der Waals surface area contributed by atoms with E-state index < -0.39 is 18.0 Å². The maximum absolute atomic E-state index is 12.7. The lowest BCUT2D eigenvalue weighted by molar-refractivity contribution is -0.136. The van der Waals surface area contributed by atoms with Crippen LogP contribution in [0.25, 0.3) is 5.70 Å². The highest BCUT2D eigenvalue weighted by molar-refractivity contribution is 9.10. The van der Waals surface area contributed by atoms with Gasteiger partial charge in [0.2, 0.25) is 0 Å². The summed E-state index contributed by atoms with van der Waals surface area (Å²) in [5.41, 5.74) is 1.99. The highest BCUT2D eigenvalue weighted by Gasteiger charge is 2.36. The lowest BCUT2D eigenvalue weighted by Gasteiger charge is -2.30. The summed E-state index contributed by atoms with van der Waals surface area (Å²) in [5, 5.41) is 5.52. The van der Waals surface area contributed by atoms with E-state index >= 15 is 0 Å². The van der Waals surface area contributed by atoms with E-state index in [1.54, 1.807) is 12.1 Å². The van der Waals surface area contributed by atoms with Gasteiger partial charge in [-0.15, -0.1) is 0 Å². The number of carbonyl (C=O) groups excluding carboxylic acids is 2. The largest absolute Gasteiger partial charge is 0.493 e. The van der Waals surface area contributed by atoms with Gasteiger partial charge in [0.25, 0.3) is 0 Å². The molecule has 1 atom stereocenters. The van der Waals surface area contributed by atoms with Crippen molar-refractivity contribution in [1.29, 1.82) is 0 Å². The Kier molecular flexibility index (Phi) is 5.89. The highest BCUT2D eigenvalue weighted by Crippen LogP contribution is 2.43. The Morgan fingerprint density at radius 1 is 1.04 bits per heavy atom. The molecule has 146 valence electrons. The van der Waals surface area contributed by atoms with Gasteiger partial charge in [0.05, 0.1) is 43.1 Å². The van der Waals surface area contributed by atoms with Crippen LogP contribution in [0.15, 0.2) is 52.5 Å². The number of esters is 1. The molecule has 1 aliphatic heterocycles. The predicted molar refractivity (Wildman–Crippen MR) is 107 cm³/mol. The molecule has 7 nitrogen and oxygen atoms in total. The number of hydrogen-bond donors (Lipinski definition) is 2. The summed E-state index contributed by atoms with van der Waals surface area (Å²) in [7, 11) is 4.35. The van der Waals surface area contributed by atoms with Crippen LogP contribution in [0.1, 0.15) is 17.2 Å². The molecular formula is C20H19BrN2O5. The number of carbonyl (C=O) groups is 2. The van der Waals surface area contributed by atoms with E-state index in [-0.39, 0.29) is 5.57 Å². The van der Waals surface area contributed by atoms with Crippen LogP contribution < -0.4 is 20.1 Å². The Morgan fingerprint density at radius 3 is 2.36 bits per heavy atom. The standard InChI is InChI=1S/C20H19BrN2O5/c1-26-13-10-9-12(15(21)18(13)27-2)17-14(19(24)28-3)16(22-20(25)23-17)11-7-5-4-6-8-11/h4-10,17H,1-3H3,(H2,22,23,25). The molecule has 0 aliphatic carbocycles. The van der Waals surface area contributed by atoms with Crippen molar-refractivity contribution in [1.82, 2.24) is 10.6 Å². The number of hydrogen-bond acceptors (Lipinski definition) is 5. The molecule has 28 heavy (non-hydrogen) atoms. The second-order valence-electron chi connectivity index (χ2n) is 5.88. The van der Waals surface area contributed by atoms with Crippen molar-refractivity contribution in [3.63, 3.8) is 0 Å². The Hall–Kier alpha value is -3.00. The summed E-state index contributed by atoms with van der Waals surface area (Å²) in [6.45, 7) is 0. The van der Waals surface area contributed by atoms with Crippen LogP contribution in [0.5, 0.6) is 11.5 Å². The molecule has 1 heterocycles. The summed E-state index contributed by atoms with van der Waals surface area (Å²) >= 11 is 3.51. The Morgan fingerprint density at radius 2 is 1.75 bits per heavy atom. The van der Waals surface area contributed by atoms with Gasteiger partial charge in [0, 0.05) is 0 Å². The number of nitrogens with one attached hydrogen (secondary N) is 2. The third-order valence-electron chi connectivity index (χ3n) is 4.37. The zero-order valence-corrected chi connectivity index (χ0v) is 17.1. The molecule has 1 unspecified atom stereocenters. The van der Waals surface area contributed by atoms with Crippen LogP contribution >= 0.6 is 15.9 Å².